The van der Waals surface area contributed by atoms with E-state index in [-0.39, 0.29) is 22.8 Å². The molecule has 0 radical (unpaired) electrons. The Balaban J connectivity index is 1.84. The van der Waals surface area contributed by atoms with E-state index in [4.69, 9.17) is 11.6 Å². The molecule has 0 saturated heterocycles. The number of amides is 1. The van der Waals surface area contributed by atoms with Gasteiger partial charge in [0.05, 0.1) is 38.7 Å². The van der Waals surface area contributed by atoms with E-state index in [2.05, 4.69) is 9.97 Å². The van der Waals surface area contributed by atoms with Crippen molar-refractivity contribution in [2.45, 2.75) is 18.4 Å². The number of rotatable bonds is 6. The molecule has 2 heterocycles. The first-order valence-corrected chi connectivity index (χ1v) is 12.3. The summed E-state index contributed by atoms with van der Waals surface area (Å²) in [6.45, 7) is 1.70. The van der Waals surface area contributed by atoms with Crippen molar-refractivity contribution < 1.29 is 13.2 Å². The second kappa shape index (κ2) is 8.74. The second-order valence-electron chi connectivity index (χ2n) is 6.72. The molecule has 31 heavy (non-hydrogen) atoms. The fourth-order valence-corrected chi connectivity index (χ4v) is 5.42. The van der Waals surface area contributed by atoms with Gasteiger partial charge in [-0.2, -0.15) is 0 Å². The van der Waals surface area contributed by atoms with E-state index in [9.17, 15) is 13.2 Å². The number of halogens is 1. The summed E-state index contributed by atoms with van der Waals surface area (Å²) in [6.07, 6.45) is 1.64. The van der Waals surface area contributed by atoms with Crippen molar-refractivity contribution in [2.75, 3.05) is 10.7 Å². The minimum Gasteiger partial charge on any atom is -0.278 e. The van der Waals surface area contributed by atoms with Crippen LogP contribution in [0.5, 0.6) is 0 Å². The van der Waals surface area contributed by atoms with Gasteiger partial charge in [-0.05, 0) is 42.5 Å². The number of fused-ring (bicyclic) bond motifs is 1. The molecule has 6 nitrogen and oxygen atoms in total. The Hall–Kier alpha value is -2.81. The first kappa shape index (κ1) is 21.4. The molecule has 0 N–H and O–H groups in total. The lowest BCUT2D eigenvalue weighted by molar-refractivity contribution is 0.0981. The van der Waals surface area contributed by atoms with Gasteiger partial charge in [0.25, 0.3) is 5.91 Å². The number of carbonyl (C=O) groups is 1. The Labute approximate surface area is 189 Å². The highest BCUT2D eigenvalue weighted by atomic mass is 35.5. The number of aromatic nitrogens is 2. The molecule has 4 aromatic rings. The minimum absolute atomic E-state index is 0.0117. The molecule has 158 valence electrons. The summed E-state index contributed by atoms with van der Waals surface area (Å²) in [4.78, 5) is 24.0. The number of thiazole rings is 1. The van der Waals surface area contributed by atoms with Gasteiger partial charge >= 0.3 is 0 Å². The van der Waals surface area contributed by atoms with Crippen LogP contribution < -0.4 is 4.90 Å². The predicted octanol–water partition coefficient (Wildman–Crippen LogP) is 4.99. The highest BCUT2D eigenvalue weighted by molar-refractivity contribution is 7.91. The number of nitrogens with zero attached hydrogens (tertiary/aromatic N) is 3. The van der Waals surface area contributed by atoms with Crippen LogP contribution in [0, 0.1) is 0 Å². The van der Waals surface area contributed by atoms with Gasteiger partial charge in [-0.25, -0.2) is 13.4 Å². The zero-order chi connectivity index (χ0) is 22.0. The van der Waals surface area contributed by atoms with Crippen LogP contribution in [0.3, 0.4) is 0 Å². The first-order chi connectivity index (χ1) is 14.9. The second-order valence-corrected chi connectivity index (χ2v) is 10.4. The fraction of sp³-hybridized carbons (Fsp3) is 0.136. The molecule has 0 atom stereocenters. The van der Waals surface area contributed by atoms with Crippen LogP contribution >= 0.6 is 22.9 Å². The number of anilines is 1. The average molecular weight is 472 g/mol. The number of benzene rings is 2. The third kappa shape index (κ3) is 4.46. The van der Waals surface area contributed by atoms with E-state index in [1.54, 1.807) is 55.6 Å². The number of pyridine rings is 1. The first-order valence-electron chi connectivity index (χ1n) is 9.48. The maximum atomic E-state index is 13.7. The van der Waals surface area contributed by atoms with Crippen molar-refractivity contribution in [3.63, 3.8) is 0 Å². The van der Waals surface area contributed by atoms with Crippen molar-refractivity contribution in [2.24, 2.45) is 0 Å². The van der Waals surface area contributed by atoms with Crippen LogP contribution in [0.25, 0.3) is 10.2 Å². The largest absolute Gasteiger partial charge is 0.278 e. The van der Waals surface area contributed by atoms with E-state index in [0.717, 1.165) is 4.70 Å². The fourth-order valence-electron chi connectivity index (χ4n) is 3.10. The van der Waals surface area contributed by atoms with Crippen molar-refractivity contribution in [1.82, 2.24) is 9.97 Å². The van der Waals surface area contributed by atoms with E-state index in [0.29, 0.717) is 21.4 Å². The van der Waals surface area contributed by atoms with E-state index in [1.165, 1.54) is 28.4 Å². The number of carbonyl (C=O) groups excluding carboxylic acids is 1. The third-order valence-electron chi connectivity index (χ3n) is 4.69. The quantitative estimate of drug-likeness (QED) is 0.396. The van der Waals surface area contributed by atoms with Crippen LogP contribution in [-0.4, -0.2) is 30.0 Å². The maximum Gasteiger partial charge on any atom is 0.261 e. The van der Waals surface area contributed by atoms with Gasteiger partial charge in [0.2, 0.25) is 0 Å². The molecule has 0 aliphatic heterocycles. The third-order valence-corrected chi connectivity index (χ3v) is 7.76. The summed E-state index contributed by atoms with van der Waals surface area (Å²) < 4.78 is 26.1. The van der Waals surface area contributed by atoms with Gasteiger partial charge < -0.3 is 0 Å². The topological polar surface area (TPSA) is 80.2 Å². The molecule has 0 bridgehead atoms. The molecule has 0 aliphatic rings. The van der Waals surface area contributed by atoms with Crippen molar-refractivity contribution in [1.29, 1.82) is 0 Å². The SMILES string of the molecule is CCS(=O)(=O)c1ccccc1C(=O)N(Cc1ccccn1)c1nc2ccc(Cl)cc2s1. The van der Waals surface area contributed by atoms with Crippen LogP contribution in [0.1, 0.15) is 23.0 Å². The Kier molecular flexibility index (Phi) is 6.04. The lowest BCUT2D eigenvalue weighted by Crippen LogP contribution is -2.32. The summed E-state index contributed by atoms with van der Waals surface area (Å²) in [6, 6.07) is 17.0. The molecule has 0 spiro atoms. The van der Waals surface area contributed by atoms with E-state index in [1.807, 2.05) is 6.07 Å². The minimum atomic E-state index is -3.59. The van der Waals surface area contributed by atoms with Gasteiger partial charge in [-0.15, -0.1) is 0 Å². The number of hydrogen-bond donors (Lipinski definition) is 0. The van der Waals surface area contributed by atoms with Crippen molar-refractivity contribution in [3.8, 4) is 0 Å². The normalized spacial score (nSPS) is 11.5. The molecule has 0 fully saturated rings. The molecule has 0 unspecified atom stereocenters. The van der Waals surface area contributed by atoms with E-state index >= 15 is 0 Å². The van der Waals surface area contributed by atoms with Crippen LogP contribution in [0.4, 0.5) is 5.13 Å². The molecule has 9 heteroatoms. The molecular weight excluding hydrogens is 454 g/mol. The monoisotopic (exact) mass is 471 g/mol. The van der Waals surface area contributed by atoms with E-state index < -0.39 is 15.7 Å². The Bertz CT molecular complexity index is 1350. The molecule has 0 saturated carbocycles. The summed E-state index contributed by atoms with van der Waals surface area (Å²) in [5, 5.41) is 1.02. The molecular formula is C22H18ClN3O3S2. The smallest absolute Gasteiger partial charge is 0.261 e. The molecule has 4 rings (SSSR count). The summed E-state index contributed by atoms with van der Waals surface area (Å²) >= 11 is 7.42. The van der Waals surface area contributed by atoms with Gasteiger partial charge in [0.15, 0.2) is 15.0 Å². The Morgan fingerprint density at radius 2 is 1.87 bits per heavy atom. The lowest BCUT2D eigenvalue weighted by atomic mass is 10.2. The van der Waals surface area contributed by atoms with Gasteiger partial charge in [-0.1, -0.05) is 48.1 Å². The summed E-state index contributed by atoms with van der Waals surface area (Å²) in [7, 11) is -3.59. The summed E-state index contributed by atoms with van der Waals surface area (Å²) in [5.41, 5.74) is 1.47. The standard InChI is InChI=1S/C22H18ClN3O3S2/c1-2-31(28,29)20-9-4-3-8-17(20)21(27)26(14-16-7-5-6-12-24-16)22-25-18-11-10-15(23)13-19(18)30-22/h3-13H,2,14H2,1H3. The zero-order valence-corrected chi connectivity index (χ0v) is 18.9. The summed E-state index contributed by atoms with van der Waals surface area (Å²) in [5.74, 6) is -0.555. The van der Waals surface area contributed by atoms with Crippen LogP contribution in [0.15, 0.2) is 71.8 Å². The van der Waals surface area contributed by atoms with Gasteiger partial charge in [0.1, 0.15) is 0 Å². The predicted molar refractivity (Wildman–Crippen MR) is 124 cm³/mol. The Morgan fingerprint density at radius 3 is 2.61 bits per heavy atom. The molecule has 2 aromatic heterocycles. The molecule has 0 aliphatic carbocycles. The highest BCUT2D eigenvalue weighted by Gasteiger charge is 2.27. The number of hydrogen-bond acceptors (Lipinski definition) is 6. The average Bonchev–Trinajstić information content (AvgIpc) is 3.20. The highest BCUT2D eigenvalue weighted by Crippen LogP contribution is 2.33. The van der Waals surface area contributed by atoms with Crippen molar-refractivity contribution in [3.05, 3.63) is 83.1 Å². The van der Waals surface area contributed by atoms with Gasteiger partial charge in [0, 0.05) is 11.2 Å². The Morgan fingerprint density at radius 1 is 1.10 bits per heavy atom. The van der Waals surface area contributed by atoms with Crippen LogP contribution in [-0.2, 0) is 16.4 Å². The molecule has 1 amide bonds. The lowest BCUT2D eigenvalue weighted by Gasteiger charge is -2.21. The number of sulfone groups is 1. The van der Waals surface area contributed by atoms with Crippen molar-refractivity contribution >= 4 is 54.0 Å². The maximum absolute atomic E-state index is 13.7. The van der Waals surface area contributed by atoms with Crippen LogP contribution in [0.2, 0.25) is 5.02 Å². The van der Waals surface area contributed by atoms with Gasteiger partial charge in [-0.3, -0.25) is 14.7 Å². The molecule has 2 aromatic carbocycles. The zero-order valence-electron chi connectivity index (χ0n) is 16.5.